The summed E-state index contributed by atoms with van der Waals surface area (Å²) >= 11 is 2.66. The zero-order valence-corrected chi connectivity index (χ0v) is 14.1. The van der Waals surface area contributed by atoms with E-state index in [-0.39, 0.29) is 4.47 Å². The fourth-order valence-electron chi connectivity index (χ4n) is 1.53. The molecule has 0 aliphatic carbocycles. The summed E-state index contributed by atoms with van der Waals surface area (Å²) in [5, 5.41) is 8.71. The first-order valence-corrected chi connectivity index (χ1v) is 7.13. The molecule has 0 spiro atoms. The molecule has 0 bridgehead atoms. The van der Waals surface area contributed by atoms with E-state index in [1.165, 1.54) is 0 Å². The lowest BCUT2D eigenvalue weighted by Gasteiger charge is -2.32. The molecule has 0 saturated carbocycles. The lowest BCUT2D eigenvalue weighted by molar-refractivity contribution is -0.392. The summed E-state index contributed by atoms with van der Waals surface area (Å²) in [4.78, 5) is 10.8. The Bertz CT molecular complexity index is 801. The number of carbonyl (C=O) groups is 1. The van der Waals surface area contributed by atoms with Gasteiger partial charge in [-0.1, -0.05) is 15.9 Å². The van der Waals surface area contributed by atoms with Crippen molar-refractivity contribution in [1.29, 1.82) is 0 Å². The van der Waals surface area contributed by atoms with E-state index < -0.39 is 53.1 Å². The maximum atomic E-state index is 13.4. The first-order valence-electron chi connectivity index (χ1n) is 6.34. The Morgan fingerprint density at radius 2 is 1.39 bits per heavy atom. The fraction of sp³-hybridized carbons (Fsp3) is 0.308. The monoisotopic (exact) mass is 496 g/mol. The first-order chi connectivity index (χ1) is 12.4. The predicted octanol–water partition coefficient (Wildman–Crippen LogP) is 6.10. The van der Waals surface area contributed by atoms with Crippen LogP contribution in [0.3, 0.4) is 0 Å². The molecule has 0 aliphatic heterocycles. The number of hydrogen-bond donors (Lipinski definition) is 1. The van der Waals surface area contributed by atoms with E-state index in [0.29, 0.717) is 12.1 Å². The van der Waals surface area contributed by atoms with Crippen LogP contribution in [-0.4, -0.2) is 35.0 Å². The second-order valence-electron chi connectivity index (χ2n) is 4.89. The summed E-state index contributed by atoms with van der Waals surface area (Å²) in [5.41, 5.74) is -0.696. The average molecular weight is 497 g/mol. The van der Waals surface area contributed by atoms with Crippen LogP contribution in [0.15, 0.2) is 34.5 Å². The van der Waals surface area contributed by atoms with Gasteiger partial charge in [-0.05, 0) is 18.2 Å². The van der Waals surface area contributed by atoms with Crippen molar-refractivity contribution in [3.8, 4) is 5.75 Å². The van der Waals surface area contributed by atoms with Crippen LogP contribution < -0.4 is 4.74 Å². The minimum atomic E-state index is -7.44. The van der Waals surface area contributed by atoms with E-state index in [4.69, 9.17) is 5.11 Å². The normalized spacial score (nSPS) is 14.6. The van der Waals surface area contributed by atoms with Gasteiger partial charge in [0, 0.05) is 4.47 Å². The topological polar surface area (TPSA) is 46.5 Å². The minimum Gasteiger partial charge on any atom is -0.478 e. The fourth-order valence-corrected chi connectivity index (χ4v) is 2.00. The van der Waals surface area contributed by atoms with Crippen molar-refractivity contribution >= 4 is 21.9 Å². The maximum Gasteiger partial charge on any atom is 0.460 e. The van der Waals surface area contributed by atoms with Crippen LogP contribution in [0.4, 0.5) is 48.3 Å². The van der Waals surface area contributed by atoms with E-state index >= 15 is 0 Å². The van der Waals surface area contributed by atoms with Crippen molar-refractivity contribution in [3.63, 3.8) is 0 Å². The number of carboxylic acid groups (broad SMARTS) is 1. The number of ether oxygens (including phenoxy) is 1. The van der Waals surface area contributed by atoms with Gasteiger partial charge in [-0.25, -0.2) is 4.79 Å². The van der Waals surface area contributed by atoms with Gasteiger partial charge in [-0.15, -0.1) is 0 Å². The Morgan fingerprint density at radius 1 is 0.893 bits per heavy atom. The third kappa shape index (κ3) is 4.17. The van der Waals surface area contributed by atoms with Crippen LogP contribution in [0.1, 0.15) is 10.4 Å². The maximum absolute atomic E-state index is 13.4. The van der Waals surface area contributed by atoms with Crippen molar-refractivity contribution < 1.29 is 62.9 Å². The summed E-state index contributed by atoms with van der Waals surface area (Å²) in [6, 6.07) is -1.42. The van der Waals surface area contributed by atoms with Gasteiger partial charge in [0.1, 0.15) is 5.75 Å². The second kappa shape index (κ2) is 7.40. The van der Waals surface area contributed by atoms with Gasteiger partial charge in [0.05, 0.1) is 5.56 Å². The molecule has 0 unspecified atom stereocenters. The molecule has 1 aromatic carbocycles. The highest BCUT2D eigenvalue weighted by atomic mass is 79.9. The minimum absolute atomic E-state index is 0.212. The van der Waals surface area contributed by atoms with Gasteiger partial charge in [0.25, 0.3) is 0 Å². The summed E-state index contributed by atoms with van der Waals surface area (Å²) in [6.45, 7) is 0. The van der Waals surface area contributed by atoms with E-state index in [1.54, 1.807) is 0 Å². The highest BCUT2D eigenvalue weighted by molar-refractivity contribution is 9.10. The zero-order chi connectivity index (χ0) is 22.3. The Hall–Kier alpha value is -2.06. The molecule has 1 rings (SSSR count). The molecule has 0 saturated heterocycles. The van der Waals surface area contributed by atoms with Crippen LogP contribution in [0.25, 0.3) is 0 Å². The van der Waals surface area contributed by atoms with Crippen molar-refractivity contribution in [2.45, 2.75) is 23.9 Å². The number of rotatable bonds is 6. The number of carboxylic acids is 1. The van der Waals surface area contributed by atoms with Crippen molar-refractivity contribution in [2.24, 2.45) is 0 Å². The van der Waals surface area contributed by atoms with Crippen LogP contribution in [0, 0.1) is 0 Å². The molecule has 0 heterocycles. The van der Waals surface area contributed by atoms with Crippen LogP contribution in [-0.2, 0) is 0 Å². The number of benzene rings is 1. The van der Waals surface area contributed by atoms with Gasteiger partial charge in [0.2, 0.25) is 5.83 Å². The lowest BCUT2D eigenvalue weighted by Crippen LogP contribution is -2.61. The molecule has 3 nitrogen and oxygen atoms in total. The highest BCUT2D eigenvalue weighted by Gasteiger charge is 2.83. The first kappa shape index (κ1) is 24.0. The Morgan fingerprint density at radius 3 is 1.82 bits per heavy atom. The number of halogens is 12. The number of hydrogen-bond acceptors (Lipinski definition) is 2. The Balaban J connectivity index is 3.38. The zero-order valence-electron chi connectivity index (χ0n) is 12.5. The van der Waals surface area contributed by atoms with E-state index in [0.717, 1.165) is 6.07 Å². The van der Waals surface area contributed by atoms with E-state index in [9.17, 15) is 53.1 Å². The molecular weight excluding hydrogens is 493 g/mol. The molecule has 1 aromatic rings. The van der Waals surface area contributed by atoms with Gasteiger partial charge >= 0.3 is 35.9 Å². The SMILES string of the molecule is O=C(O)c1cc(Br)cc(OC(F)=C(F)C(F)(F)C(F)(F)C(F)(F)C(F)(F)F)c1. The molecule has 0 radical (unpaired) electrons. The molecule has 0 fully saturated rings. The summed E-state index contributed by atoms with van der Waals surface area (Å²) in [5.74, 6) is -28.7. The number of allylic oxidation sites excluding steroid dienone is 1. The molecule has 158 valence electrons. The molecule has 15 heteroatoms. The van der Waals surface area contributed by atoms with Crippen LogP contribution in [0.5, 0.6) is 5.75 Å². The largest absolute Gasteiger partial charge is 0.478 e. The summed E-state index contributed by atoms with van der Waals surface area (Å²) < 4.78 is 144. The van der Waals surface area contributed by atoms with E-state index in [2.05, 4.69) is 20.7 Å². The lowest BCUT2D eigenvalue weighted by atomic mass is 10.0. The molecule has 0 aliphatic rings. The Labute approximate surface area is 155 Å². The quantitative estimate of drug-likeness (QED) is 0.382. The average Bonchev–Trinajstić information content (AvgIpc) is 2.51. The Kier molecular flexibility index (Phi) is 6.34. The second-order valence-corrected chi connectivity index (χ2v) is 5.81. The van der Waals surface area contributed by atoms with Gasteiger partial charge in [0.15, 0.2) is 0 Å². The van der Waals surface area contributed by atoms with Crippen molar-refractivity contribution in [2.75, 3.05) is 0 Å². The highest BCUT2D eigenvalue weighted by Crippen LogP contribution is 2.55. The molecular formula is C13H4BrF11O3. The van der Waals surface area contributed by atoms with Crippen molar-refractivity contribution in [1.82, 2.24) is 0 Å². The van der Waals surface area contributed by atoms with Crippen molar-refractivity contribution in [3.05, 3.63) is 40.1 Å². The standard InChI is InChI=1S/C13H4BrF11O3/c14-5-1-4(9(26)27)2-6(3-5)28-8(16)7(15)10(17,18)11(19,20)12(21,22)13(23,24)25/h1-3H,(H,26,27). The van der Waals surface area contributed by atoms with Gasteiger partial charge in [-0.3, -0.25) is 0 Å². The summed E-state index contributed by atoms with van der Waals surface area (Å²) in [6.07, 6.45) is -7.22. The third-order valence-electron chi connectivity index (χ3n) is 2.92. The molecule has 0 aromatic heterocycles. The smallest absolute Gasteiger partial charge is 0.460 e. The van der Waals surface area contributed by atoms with Gasteiger partial charge in [-0.2, -0.15) is 48.3 Å². The van der Waals surface area contributed by atoms with Gasteiger partial charge < -0.3 is 9.84 Å². The molecule has 0 amide bonds. The summed E-state index contributed by atoms with van der Waals surface area (Å²) in [7, 11) is 0. The molecule has 0 atom stereocenters. The number of aromatic carboxylic acids is 1. The van der Waals surface area contributed by atoms with E-state index in [1.807, 2.05) is 0 Å². The third-order valence-corrected chi connectivity index (χ3v) is 3.38. The number of alkyl halides is 9. The predicted molar refractivity (Wildman–Crippen MR) is 71.9 cm³/mol. The van der Waals surface area contributed by atoms with Crippen LogP contribution >= 0.6 is 15.9 Å². The van der Waals surface area contributed by atoms with Crippen LogP contribution in [0.2, 0.25) is 0 Å². The molecule has 1 N–H and O–H groups in total. The molecule has 28 heavy (non-hydrogen) atoms.